The van der Waals surface area contributed by atoms with Crippen LogP contribution in [0.1, 0.15) is 28.2 Å². The molecule has 0 N–H and O–H groups in total. The second-order valence-electron chi connectivity index (χ2n) is 13.3. The molecule has 0 bridgehead atoms. The first-order valence-corrected chi connectivity index (χ1v) is 17.2. The number of benzene rings is 7. The Hall–Kier alpha value is -6.12. The molecule has 0 saturated heterocycles. The van der Waals surface area contributed by atoms with Gasteiger partial charge >= 0.3 is 0 Å². The SMILES string of the molecule is C1=CC2c3ccc(N(c4ccccc4)c4ccccc4)cc3N(c3ccccc3)C2C=C1c1ccc2c(c1)-c1cccc3cccc(c13)C2. The highest BCUT2D eigenvalue weighted by atomic mass is 15.2. The number of anilines is 5. The summed E-state index contributed by atoms with van der Waals surface area (Å²) in [4.78, 5) is 4.91. The van der Waals surface area contributed by atoms with E-state index >= 15 is 0 Å². The van der Waals surface area contributed by atoms with E-state index in [9.17, 15) is 0 Å². The molecule has 49 heavy (non-hydrogen) atoms. The minimum atomic E-state index is 0.162. The number of hydrogen-bond donors (Lipinski definition) is 0. The smallest absolute Gasteiger partial charge is 0.0635 e. The first-order valence-electron chi connectivity index (χ1n) is 17.2. The van der Waals surface area contributed by atoms with Gasteiger partial charge in [0.15, 0.2) is 0 Å². The number of hydrogen-bond acceptors (Lipinski definition) is 2. The third-order valence-electron chi connectivity index (χ3n) is 10.6. The monoisotopic (exact) mass is 626 g/mol. The number of allylic oxidation sites excluding steroid dienone is 2. The molecular weight excluding hydrogens is 593 g/mol. The average molecular weight is 627 g/mol. The lowest BCUT2D eigenvalue weighted by atomic mass is 9.81. The summed E-state index contributed by atoms with van der Waals surface area (Å²) in [6, 6.07) is 60.0. The summed E-state index contributed by atoms with van der Waals surface area (Å²) in [7, 11) is 0. The van der Waals surface area contributed by atoms with Gasteiger partial charge in [0.05, 0.1) is 6.04 Å². The second-order valence-corrected chi connectivity index (χ2v) is 13.3. The van der Waals surface area contributed by atoms with Crippen molar-refractivity contribution in [2.45, 2.75) is 18.4 Å². The highest BCUT2D eigenvalue weighted by Gasteiger charge is 2.39. The molecule has 2 unspecified atom stereocenters. The van der Waals surface area contributed by atoms with Crippen LogP contribution in [0.15, 0.2) is 182 Å². The van der Waals surface area contributed by atoms with E-state index in [1.165, 1.54) is 61.1 Å². The quantitative estimate of drug-likeness (QED) is 0.188. The molecule has 0 spiro atoms. The predicted octanol–water partition coefficient (Wildman–Crippen LogP) is 12.1. The minimum Gasteiger partial charge on any atom is -0.333 e. The molecule has 2 heteroatoms. The van der Waals surface area contributed by atoms with Crippen LogP contribution in [-0.4, -0.2) is 6.04 Å². The van der Waals surface area contributed by atoms with E-state index in [4.69, 9.17) is 0 Å². The molecule has 7 aromatic rings. The summed E-state index contributed by atoms with van der Waals surface area (Å²) in [5, 5.41) is 2.73. The lowest BCUT2D eigenvalue weighted by molar-refractivity contribution is 0.747. The van der Waals surface area contributed by atoms with Gasteiger partial charge in [-0.1, -0.05) is 127 Å². The molecule has 3 aliphatic rings. The highest BCUT2D eigenvalue weighted by Crippen LogP contribution is 2.51. The maximum absolute atomic E-state index is 2.55. The first-order chi connectivity index (χ1) is 24.3. The Labute approximate surface area is 287 Å². The van der Waals surface area contributed by atoms with E-state index in [-0.39, 0.29) is 12.0 Å². The Morgan fingerprint density at radius 2 is 1.27 bits per heavy atom. The highest BCUT2D eigenvalue weighted by molar-refractivity contribution is 6.02. The Balaban J connectivity index is 1.08. The minimum absolute atomic E-state index is 0.162. The Morgan fingerprint density at radius 1 is 0.551 bits per heavy atom. The molecule has 232 valence electrons. The van der Waals surface area contributed by atoms with Crippen LogP contribution in [0.4, 0.5) is 28.4 Å². The molecule has 2 nitrogen and oxygen atoms in total. The van der Waals surface area contributed by atoms with Gasteiger partial charge in [-0.05, 0) is 111 Å². The Morgan fingerprint density at radius 3 is 2.02 bits per heavy atom. The maximum atomic E-state index is 2.55. The fourth-order valence-corrected chi connectivity index (χ4v) is 8.36. The van der Waals surface area contributed by atoms with Crippen molar-refractivity contribution in [3.8, 4) is 11.1 Å². The van der Waals surface area contributed by atoms with Crippen LogP contribution < -0.4 is 9.80 Å². The normalized spacial score (nSPS) is 16.9. The summed E-state index contributed by atoms with van der Waals surface area (Å²) < 4.78 is 0. The topological polar surface area (TPSA) is 6.48 Å². The lowest BCUT2D eigenvalue weighted by Crippen LogP contribution is -2.29. The van der Waals surface area contributed by atoms with Crippen LogP contribution in [0.5, 0.6) is 0 Å². The summed E-state index contributed by atoms with van der Waals surface area (Å²) >= 11 is 0. The molecule has 0 saturated carbocycles. The first kappa shape index (κ1) is 27.9. The van der Waals surface area contributed by atoms with Crippen molar-refractivity contribution in [1.29, 1.82) is 0 Å². The van der Waals surface area contributed by atoms with E-state index in [1.54, 1.807) is 0 Å². The summed E-state index contributed by atoms with van der Waals surface area (Å²) in [6.07, 6.45) is 8.27. The molecule has 1 aliphatic heterocycles. The molecule has 0 radical (unpaired) electrons. The Kier molecular flexibility index (Phi) is 6.41. The largest absolute Gasteiger partial charge is 0.333 e. The molecule has 2 atom stereocenters. The van der Waals surface area contributed by atoms with Crippen LogP contribution in [0.3, 0.4) is 0 Å². The molecule has 2 aliphatic carbocycles. The zero-order valence-electron chi connectivity index (χ0n) is 27.1. The summed E-state index contributed by atoms with van der Waals surface area (Å²) in [5.74, 6) is 0.258. The number of para-hydroxylation sites is 3. The zero-order chi connectivity index (χ0) is 32.3. The van der Waals surface area contributed by atoms with Gasteiger partial charge in [-0.3, -0.25) is 0 Å². The van der Waals surface area contributed by atoms with Gasteiger partial charge in [-0.15, -0.1) is 0 Å². The van der Waals surface area contributed by atoms with Gasteiger partial charge in [0.2, 0.25) is 0 Å². The molecular formula is C47H34N2. The molecule has 0 aromatic heterocycles. The van der Waals surface area contributed by atoms with Gasteiger partial charge in [0.1, 0.15) is 0 Å². The van der Waals surface area contributed by atoms with Crippen molar-refractivity contribution in [3.63, 3.8) is 0 Å². The van der Waals surface area contributed by atoms with Crippen molar-refractivity contribution in [3.05, 3.63) is 204 Å². The number of fused-ring (bicyclic) bond motifs is 5. The van der Waals surface area contributed by atoms with E-state index in [0.717, 1.165) is 23.5 Å². The van der Waals surface area contributed by atoms with E-state index < -0.39 is 0 Å². The van der Waals surface area contributed by atoms with Crippen LogP contribution in [0.25, 0.3) is 27.5 Å². The molecule has 0 fully saturated rings. The summed E-state index contributed by atoms with van der Waals surface area (Å²) in [5.41, 5.74) is 15.3. The third-order valence-corrected chi connectivity index (χ3v) is 10.6. The maximum Gasteiger partial charge on any atom is 0.0635 e. The van der Waals surface area contributed by atoms with Crippen molar-refractivity contribution in [2.24, 2.45) is 0 Å². The molecule has 1 heterocycles. The zero-order valence-corrected chi connectivity index (χ0v) is 27.1. The van der Waals surface area contributed by atoms with Crippen molar-refractivity contribution >= 4 is 44.8 Å². The number of rotatable bonds is 5. The van der Waals surface area contributed by atoms with Gasteiger partial charge < -0.3 is 9.80 Å². The Bertz CT molecular complexity index is 2380. The average Bonchev–Trinajstić information content (AvgIpc) is 3.49. The fourth-order valence-electron chi connectivity index (χ4n) is 8.36. The van der Waals surface area contributed by atoms with E-state index in [0.29, 0.717) is 0 Å². The van der Waals surface area contributed by atoms with Gasteiger partial charge in [0, 0.05) is 34.4 Å². The molecule has 0 amide bonds. The second kappa shape index (κ2) is 11.2. The third kappa shape index (κ3) is 4.56. The predicted molar refractivity (Wildman–Crippen MR) is 206 cm³/mol. The van der Waals surface area contributed by atoms with Gasteiger partial charge in [0.25, 0.3) is 0 Å². The van der Waals surface area contributed by atoms with Crippen molar-refractivity contribution in [2.75, 3.05) is 9.80 Å². The van der Waals surface area contributed by atoms with Crippen LogP contribution >= 0.6 is 0 Å². The van der Waals surface area contributed by atoms with E-state index in [1.807, 2.05) is 0 Å². The standard InChI is InChI=1S/C47H34N2/c1-4-15-37(16-5-1)48(38-17-6-2-7-18-38)40-25-27-42-41-26-24-34(30-45(41)49(46(42)31-40)39-19-8-3-9-20-39)33-22-23-35-28-36-14-10-12-32-13-11-21-43(47(32)36)44(35)29-33/h1-27,29-31,41,45H,28H2. The van der Waals surface area contributed by atoms with Crippen LogP contribution in [-0.2, 0) is 6.42 Å². The van der Waals surface area contributed by atoms with Gasteiger partial charge in [-0.2, -0.15) is 0 Å². The molecule has 7 aromatic carbocycles. The molecule has 10 rings (SSSR count). The van der Waals surface area contributed by atoms with Crippen LogP contribution in [0.2, 0.25) is 0 Å². The van der Waals surface area contributed by atoms with Crippen molar-refractivity contribution in [1.82, 2.24) is 0 Å². The van der Waals surface area contributed by atoms with Crippen molar-refractivity contribution < 1.29 is 0 Å². The fraction of sp³-hybridized carbons (Fsp3) is 0.0638. The number of nitrogens with zero attached hydrogens (tertiary/aromatic N) is 2. The van der Waals surface area contributed by atoms with Gasteiger partial charge in [-0.25, -0.2) is 0 Å². The lowest BCUT2D eigenvalue weighted by Gasteiger charge is -2.31. The summed E-state index contributed by atoms with van der Waals surface area (Å²) in [6.45, 7) is 0. The van der Waals surface area contributed by atoms with E-state index in [2.05, 4.69) is 192 Å². The van der Waals surface area contributed by atoms with Crippen LogP contribution in [0, 0.1) is 0 Å².